The largest absolute Gasteiger partial charge is 0.380 e. The Morgan fingerprint density at radius 1 is 1.30 bits per heavy atom. The Hall–Kier alpha value is -0.900. The van der Waals surface area contributed by atoms with Crippen LogP contribution >= 0.6 is 0 Å². The Bertz CT molecular complexity index is 394. The summed E-state index contributed by atoms with van der Waals surface area (Å²) in [6.45, 7) is 7.67. The maximum atomic E-state index is 6.05. The fraction of sp³-hybridized carbons (Fsp3) is 0.647. The van der Waals surface area contributed by atoms with Crippen LogP contribution < -0.4 is 5.32 Å². The van der Waals surface area contributed by atoms with Crippen LogP contribution in [0.3, 0.4) is 0 Å². The zero-order valence-corrected chi connectivity index (χ0v) is 12.7. The van der Waals surface area contributed by atoms with Gasteiger partial charge in [-0.15, -0.1) is 0 Å². The van der Waals surface area contributed by atoms with Crippen molar-refractivity contribution in [3.8, 4) is 0 Å². The van der Waals surface area contributed by atoms with Crippen molar-refractivity contribution in [3.05, 3.63) is 35.4 Å². The average molecular weight is 277 g/mol. The van der Waals surface area contributed by atoms with Crippen molar-refractivity contribution in [1.29, 1.82) is 0 Å². The summed E-state index contributed by atoms with van der Waals surface area (Å²) in [4.78, 5) is 0. The molecule has 1 N–H and O–H groups in total. The maximum absolute atomic E-state index is 6.05. The Morgan fingerprint density at radius 2 is 2.15 bits per heavy atom. The first kappa shape index (κ1) is 15.5. The highest BCUT2D eigenvalue weighted by Gasteiger charge is 2.28. The van der Waals surface area contributed by atoms with E-state index in [1.54, 1.807) is 0 Å². The van der Waals surface area contributed by atoms with E-state index in [0.717, 1.165) is 39.0 Å². The number of ether oxygens (including phenoxy) is 2. The Balaban J connectivity index is 2.07. The van der Waals surface area contributed by atoms with E-state index < -0.39 is 0 Å². The van der Waals surface area contributed by atoms with Crippen LogP contribution in [-0.4, -0.2) is 32.4 Å². The van der Waals surface area contributed by atoms with E-state index in [-0.39, 0.29) is 12.1 Å². The lowest BCUT2D eigenvalue weighted by Crippen LogP contribution is -2.42. The molecule has 20 heavy (non-hydrogen) atoms. The number of rotatable bonds is 8. The number of benzene rings is 1. The fourth-order valence-corrected chi connectivity index (χ4v) is 2.70. The summed E-state index contributed by atoms with van der Waals surface area (Å²) in [6, 6.07) is 8.87. The minimum atomic E-state index is 0.114. The van der Waals surface area contributed by atoms with Crippen molar-refractivity contribution in [2.45, 2.75) is 45.3 Å². The Labute approximate surface area is 122 Å². The molecule has 3 nitrogen and oxygen atoms in total. The van der Waals surface area contributed by atoms with E-state index in [2.05, 4.69) is 43.4 Å². The van der Waals surface area contributed by atoms with Gasteiger partial charge in [0.05, 0.1) is 19.3 Å². The van der Waals surface area contributed by atoms with Crippen LogP contribution in [-0.2, 0) is 15.9 Å². The highest BCUT2D eigenvalue weighted by atomic mass is 16.5. The van der Waals surface area contributed by atoms with Gasteiger partial charge in [-0.1, -0.05) is 38.1 Å². The third-order valence-corrected chi connectivity index (χ3v) is 3.70. The number of fused-ring (bicyclic) bond motifs is 1. The third kappa shape index (κ3) is 4.05. The first-order valence-electron chi connectivity index (χ1n) is 7.87. The Kier molecular flexibility index (Phi) is 6.51. The molecule has 0 radical (unpaired) electrons. The second-order valence-electron chi connectivity index (χ2n) is 5.38. The molecule has 0 spiro atoms. The summed E-state index contributed by atoms with van der Waals surface area (Å²) >= 11 is 0. The molecule has 1 aromatic carbocycles. The smallest absolute Gasteiger partial charge is 0.100 e. The van der Waals surface area contributed by atoms with E-state index in [4.69, 9.17) is 9.47 Å². The van der Waals surface area contributed by atoms with E-state index in [1.165, 1.54) is 11.1 Å². The van der Waals surface area contributed by atoms with Gasteiger partial charge in [-0.2, -0.15) is 0 Å². The summed E-state index contributed by atoms with van der Waals surface area (Å²) in [7, 11) is 0. The number of hydrogen-bond acceptors (Lipinski definition) is 3. The van der Waals surface area contributed by atoms with E-state index in [1.807, 2.05) is 0 Å². The minimum Gasteiger partial charge on any atom is -0.380 e. The first-order chi connectivity index (χ1) is 9.86. The second kappa shape index (κ2) is 8.40. The molecular formula is C17H27NO2. The third-order valence-electron chi connectivity index (χ3n) is 3.70. The molecule has 2 atom stereocenters. The highest BCUT2D eigenvalue weighted by Crippen LogP contribution is 2.29. The minimum absolute atomic E-state index is 0.114. The average Bonchev–Trinajstić information content (AvgIpc) is 2.50. The summed E-state index contributed by atoms with van der Waals surface area (Å²) in [5, 5.41) is 3.59. The molecule has 0 aromatic heterocycles. The molecular weight excluding hydrogens is 250 g/mol. The molecule has 2 unspecified atom stereocenters. The van der Waals surface area contributed by atoms with Gasteiger partial charge in [0.25, 0.3) is 0 Å². The van der Waals surface area contributed by atoms with E-state index in [9.17, 15) is 0 Å². The van der Waals surface area contributed by atoms with Crippen molar-refractivity contribution in [2.75, 3.05) is 26.4 Å². The fourth-order valence-electron chi connectivity index (χ4n) is 2.70. The van der Waals surface area contributed by atoms with Gasteiger partial charge in [-0.05, 0) is 36.9 Å². The van der Waals surface area contributed by atoms with Crippen molar-refractivity contribution >= 4 is 0 Å². The van der Waals surface area contributed by atoms with Gasteiger partial charge in [-0.3, -0.25) is 0 Å². The molecule has 0 amide bonds. The van der Waals surface area contributed by atoms with Gasteiger partial charge in [0.1, 0.15) is 6.10 Å². The van der Waals surface area contributed by atoms with Gasteiger partial charge in [0.15, 0.2) is 0 Å². The molecule has 3 heteroatoms. The van der Waals surface area contributed by atoms with Gasteiger partial charge in [0, 0.05) is 6.61 Å². The maximum Gasteiger partial charge on any atom is 0.100 e. The lowest BCUT2D eigenvalue weighted by atomic mass is 9.93. The predicted molar refractivity (Wildman–Crippen MR) is 82.0 cm³/mol. The van der Waals surface area contributed by atoms with E-state index >= 15 is 0 Å². The Morgan fingerprint density at radius 3 is 2.95 bits per heavy atom. The number of nitrogens with one attached hydrogen (secondary N) is 1. The van der Waals surface area contributed by atoms with Gasteiger partial charge < -0.3 is 14.8 Å². The second-order valence-corrected chi connectivity index (χ2v) is 5.38. The van der Waals surface area contributed by atoms with Crippen LogP contribution in [0.1, 0.15) is 43.9 Å². The van der Waals surface area contributed by atoms with Crippen LogP contribution in [0.4, 0.5) is 0 Å². The summed E-state index contributed by atoms with van der Waals surface area (Å²) < 4.78 is 11.8. The molecule has 0 bridgehead atoms. The molecule has 0 saturated carbocycles. The molecule has 2 rings (SSSR count). The van der Waals surface area contributed by atoms with Crippen molar-refractivity contribution in [2.24, 2.45) is 0 Å². The normalized spacial score (nSPS) is 19.6. The molecule has 1 aliphatic heterocycles. The lowest BCUT2D eigenvalue weighted by molar-refractivity contribution is -0.0136. The van der Waals surface area contributed by atoms with Crippen LogP contribution in [0.2, 0.25) is 0 Å². The summed E-state index contributed by atoms with van der Waals surface area (Å²) in [6.07, 6.45) is 3.31. The standard InChI is InChI=1S/C17H27NO2/c1-3-10-18-16(13-19-11-4-2)17-15-8-6-5-7-14(15)9-12-20-17/h5-8,16-18H,3-4,9-13H2,1-2H3. The zero-order chi connectivity index (χ0) is 14.2. The van der Waals surface area contributed by atoms with Crippen molar-refractivity contribution in [3.63, 3.8) is 0 Å². The molecule has 112 valence electrons. The molecule has 1 heterocycles. The monoisotopic (exact) mass is 277 g/mol. The van der Waals surface area contributed by atoms with Gasteiger partial charge in [-0.25, -0.2) is 0 Å². The molecule has 1 aliphatic rings. The van der Waals surface area contributed by atoms with Crippen molar-refractivity contribution in [1.82, 2.24) is 5.32 Å². The van der Waals surface area contributed by atoms with Gasteiger partial charge >= 0.3 is 0 Å². The SMILES string of the molecule is CCCNC(COCCC)C1OCCc2ccccc21. The van der Waals surface area contributed by atoms with Crippen LogP contribution in [0.5, 0.6) is 0 Å². The first-order valence-corrected chi connectivity index (χ1v) is 7.87. The highest BCUT2D eigenvalue weighted by molar-refractivity contribution is 5.32. The van der Waals surface area contributed by atoms with Gasteiger partial charge in [0.2, 0.25) is 0 Å². The summed E-state index contributed by atoms with van der Waals surface area (Å²) in [5.41, 5.74) is 2.75. The molecule has 1 aromatic rings. The van der Waals surface area contributed by atoms with Crippen molar-refractivity contribution < 1.29 is 9.47 Å². The summed E-state index contributed by atoms with van der Waals surface area (Å²) in [5.74, 6) is 0. The zero-order valence-electron chi connectivity index (χ0n) is 12.7. The topological polar surface area (TPSA) is 30.5 Å². The quantitative estimate of drug-likeness (QED) is 0.741. The molecule has 0 saturated heterocycles. The molecule has 0 fully saturated rings. The number of hydrogen-bond donors (Lipinski definition) is 1. The van der Waals surface area contributed by atoms with Crippen LogP contribution in [0.15, 0.2) is 24.3 Å². The predicted octanol–water partition coefficient (Wildman–Crippen LogP) is 3.10. The van der Waals surface area contributed by atoms with Crippen LogP contribution in [0, 0.1) is 0 Å². The van der Waals surface area contributed by atoms with E-state index in [0.29, 0.717) is 6.61 Å². The van der Waals surface area contributed by atoms with Crippen LogP contribution in [0.25, 0.3) is 0 Å². The molecule has 0 aliphatic carbocycles. The lowest BCUT2D eigenvalue weighted by Gasteiger charge is -2.33.